The molecule has 0 aliphatic rings. The predicted octanol–water partition coefficient (Wildman–Crippen LogP) is 3.59. The number of nitro groups is 1. The van der Waals surface area contributed by atoms with Gasteiger partial charge in [-0.2, -0.15) is 5.10 Å². The predicted molar refractivity (Wildman–Crippen MR) is 104 cm³/mol. The van der Waals surface area contributed by atoms with Gasteiger partial charge in [0.25, 0.3) is 11.6 Å². The van der Waals surface area contributed by atoms with E-state index in [9.17, 15) is 19.7 Å². The quantitative estimate of drug-likeness (QED) is 0.309. The van der Waals surface area contributed by atoms with Crippen molar-refractivity contribution in [2.45, 2.75) is 0 Å². The molecule has 0 radical (unpaired) electrons. The number of benzene rings is 3. The van der Waals surface area contributed by atoms with Gasteiger partial charge in [-0.3, -0.25) is 19.7 Å². The molecule has 0 atom stereocenters. The first kappa shape index (κ1) is 18.7. The van der Waals surface area contributed by atoms with Crippen molar-refractivity contribution in [3.05, 3.63) is 111 Å². The summed E-state index contributed by atoms with van der Waals surface area (Å²) in [6.07, 6.45) is 1.19. The molecule has 1 amide bonds. The van der Waals surface area contributed by atoms with E-state index in [0.29, 0.717) is 5.56 Å². The highest BCUT2D eigenvalue weighted by molar-refractivity contribution is 6.15. The van der Waals surface area contributed by atoms with Crippen LogP contribution in [0.1, 0.15) is 31.8 Å². The molecular weight excluding hydrogens is 358 g/mol. The number of rotatable bonds is 6. The van der Waals surface area contributed by atoms with Crippen molar-refractivity contribution in [1.82, 2.24) is 5.43 Å². The Morgan fingerprint density at radius 2 is 1.46 bits per heavy atom. The Labute approximate surface area is 160 Å². The number of ketones is 1. The fourth-order valence-corrected chi connectivity index (χ4v) is 2.61. The molecule has 28 heavy (non-hydrogen) atoms. The maximum absolute atomic E-state index is 12.7. The van der Waals surface area contributed by atoms with Crippen LogP contribution in [0.4, 0.5) is 5.69 Å². The number of hydrogen-bond acceptors (Lipinski definition) is 5. The zero-order chi connectivity index (χ0) is 19.9. The Morgan fingerprint density at radius 3 is 2.18 bits per heavy atom. The number of nitrogens with one attached hydrogen (secondary N) is 1. The molecular formula is C21H15N3O4. The first-order valence-corrected chi connectivity index (χ1v) is 8.33. The third-order valence-electron chi connectivity index (χ3n) is 3.96. The highest BCUT2D eigenvalue weighted by Gasteiger charge is 2.17. The van der Waals surface area contributed by atoms with Crippen molar-refractivity contribution in [3.8, 4) is 0 Å². The fourth-order valence-electron chi connectivity index (χ4n) is 2.61. The third-order valence-corrected chi connectivity index (χ3v) is 3.96. The largest absolute Gasteiger partial charge is 0.289 e. The van der Waals surface area contributed by atoms with E-state index in [0.717, 1.165) is 0 Å². The molecule has 0 saturated carbocycles. The molecule has 0 aliphatic carbocycles. The standard InChI is InChI=1S/C21H15N3O4/c25-20(15-8-2-1-3-9-15)17-11-5-6-12-18(17)21(26)23-22-14-16-10-4-7-13-19(16)24(27)28/h1-14H,(H,23,26)/b22-14+. The molecule has 3 aromatic rings. The number of nitro benzene ring substituents is 1. The Bertz CT molecular complexity index is 1060. The van der Waals surface area contributed by atoms with Crippen LogP contribution >= 0.6 is 0 Å². The van der Waals surface area contributed by atoms with Gasteiger partial charge in [-0.15, -0.1) is 0 Å². The minimum atomic E-state index is -0.588. The lowest BCUT2D eigenvalue weighted by Gasteiger charge is -2.07. The average Bonchev–Trinajstić information content (AvgIpc) is 2.74. The van der Waals surface area contributed by atoms with Gasteiger partial charge in [-0.25, -0.2) is 5.43 Å². The first-order valence-electron chi connectivity index (χ1n) is 8.33. The zero-order valence-electron chi connectivity index (χ0n) is 14.6. The molecule has 0 unspecified atom stereocenters. The van der Waals surface area contributed by atoms with Crippen molar-refractivity contribution >= 4 is 23.6 Å². The summed E-state index contributed by atoms with van der Waals surface area (Å²) in [5.41, 5.74) is 3.31. The Kier molecular flexibility index (Phi) is 5.66. The van der Waals surface area contributed by atoms with Gasteiger partial charge >= 0.3 is 0 Å². The molecule has 0 aliphatic heterocycles. The molecule has 7 nitrogen and oxygen atoms in total. The van der Waals surface area contributed by atoms with Crippen molar-refractivity contribution in [2.75, 3.05) is 0 Å². The lowest BCUT2D eigenvalue weighted by atomic mass is 9.98. The van der Waals surface area contributed by atoms with Gasteiger partial charge in [0, 0.05) is 17.2 Å². The summed E-state index contributed by atoms with van der Waals surface area (Å²) in [6.45, 7) is 0. The summed E-state index contributed by atoms with van der Waals surface area (Å²) in [7, 11) is 0. The van der Waals surface area contributed by atoms with E-state index in [1.807, 2.05) is 0 Å². The monoisotopic (exact) mass is 373 g/mol. The second-order valence-corrected chi connectivity index (χ2v) is 5.76. The highest BCUT2D eigenvalue weighted by Crippen LogP contribution is 2.16. The summed E-state index contributed by atoms with van der Waals surface area (Å²) in [6, 6.07) is 21.1. The van der Waals surface area contributed by atoms with Crippen molar-refractivity contribution in [1.29, 1.82) is 0 Å². The van der Waals surface area contributed by atoms with E-state index in [1.54, 1.807) is 60.7 Å². The fraction of sp³-hybridized carbons (Fsp3) is 0. The van der Waals surface area contributed by atoms with Gasteiger partial charge in [-0.1, -0.05) is 60.7 Å². The maximum Gasteiger partial charge on any atom is 0.278 e. The van der Waals surface area contributed by atoms with Crippen LogP contribution in [-0.4, -0.2) is 22.8 Å². The first-order chi connectivity index (χ1) is 13.6. The molecule has 0 heterocycles. The van der Waals surface area contributed by atoms with E-state index in [-0.39, 0.29) is 28.2 Å². The Morgan fingerprint density at radius 1 is 0.857 bits per heavy atom. The summed E-state index contributed by atoms with van der Waals surface area (Å²) in [4.78, 5) is 35.7. The number of hydrazone groups is 1. The van der Waals surface area contributed by atoms with Crippen LogP contribution in [0.2, 0.25) is 0 Å². The van der Waals surface area contributed by atoms with Crippen molar-refractivity contribution < 1.29 is 14.5 Å². The second-order valence-electron chi connectivity index (χ2n) is 5.76. The number of amides is 1. The van der Waals surface area contributed by atoms with Gasteiger partial charge in [-0.05, 0) is 12.1 Å². The summed E-state index contributed by atoms with van der Waals surface area (Å²) in [5, 5.41) is 14.8. The lowest BCUT2D eigenvalue weighted by Crippen LogP contribution is -2.21. The van der Waals surface area contributed by atoms with Crippen LogP contribution in [0, 0.1) is 10.1 Å². The number of carbonyl (C=O) groups excluding carboxylic acids is 2. The van der Waals surface area contributed by atoms with Gasteiger partial charge < -0.3 is 0 Å². The van der Waals surface area contributed by atoms with Crippen LogP contribution in [0.15, 0.2) is 84.0 Å². The molecule has 1 N–H and O–H groups in total. The van der Waals surface area contributed by atoms with Gasteiger partial charge in [0.2, 0.25) is 0 Å². The molecule has 0 spiro atoms. The lowest BCUT2D eigenvalue weighted by molar-refractivity contribution is -0.385. The molecule has 3 aromatic carbocycles. The normalized spacial score (nSPS) is 10.6. The second kappa shape index (κ2) is 8.50. The van der Waals surface area contributed by atoms with Crippen LogP contribution in [0.5, 0.6) is 0 Å². The number of carbonyl (C=O) groups is 2. The van der Waals surface area contributed by atoms with E-state index in [1.165, 1.54) is 24.4 Å². The number of para-hydroxylation sites is 1. The zero-order valence-corrected chi connectivity index (χ0v) is 14.6. The molecule has 0 saturated heterocycles. The molecule has 138 valence electrons. The van der Waals surface area contributed by atoms with Crippen molar-refractivity contribution in [2.24, 2.45) is 5.10 Å². The minimum absolute atomic E-state index is 0.125. The molecule has 0 aromatic heterocycles. The summed E-state index contributed by atoms with van der Waals surface area (Å²) >= 11 is 0. The molecule has 0 bridgehead atoms. The third kappa shape index (κ3) is 4.16. The number of nitrogens with zero attached hydrogens (tertiary/aromatic N) is 2. The van der Waals surface area contributed by atoms with E-state index in [4.69, 9.17) is 0 Å². The summed E-state index contributed by atoms with van der Waals surface area (Å²) in [5.74, 6) is -0.872. The van der Waals surface area contributed by atoms with Gasteiger partial charge in [0.05, 0.1) is 22.3 Å². The molecule has 7 heteroatoms. The number of hydrogen-bond donors (Lipinski definition) is 1. The van der Waals surface area contributed by atoms with E-state index >= 15 is 0 Å². The van der Waals surface area contributed by atoms with Crippen molar-refractivity contribution in [3.63, 3.8) is 0 Å². The van der Waals surface area contributed by atoms with Crippen LogP contribution in [-0.2, 0) is 0 Å². The van der Waals surface area contributed by atoms with Crippen LogP contribution in [0.3, 0.4) is 0 Å². The Hall–Kier alpha value is -4.13. The van der Waals surface area contributed by atoms with Crippen LogP contribution in [0.25, 0.3) is 0 Å². The smallest absolute Gasteiger partial charge is 0.278 e. The minimum Gasteiger partial charge on any atom is -0.289 e. The topological polar surface area (TPSA) is 102 Å². The maximum atomic E-state index is 12.7. The van der Waals surface area contributed by atoms with E-state index < -0.39 is 10.8 Å². The summed E-state index contributed by atoms with van der Waals surface area (Å²) < 4.78 is 0. The van der Waals surface area contributed by atoms with Crippen LogP contribution < -0.4 is 5.43 Å². The average molecular weight is 373 g/mol. The van der Waals surface area contributed by atoms with Gasteiger partial charge in [0.1, 0.15) is 0 Å². The highest BCUT2D eigenvalue weighted by atomic mass is 16.6. The molecule has 0 fully saturated rings. The Balaban J connectivity index is 1.81. The van der Waals surface area contributed by atoms with E-state index in [2.05, 4.69) is 10.5 Å². The molecule has 3 rings (SSSR count). The SMILES string of the molecule is O=C(N/N=C/c1ccccc1[N+](=O)[O-])c1ccccc1C(=O)c1ccccc1. The van der Waals surface area contributed by atoms with Gasteiger partial charge in [0.15, 0.2) is 5.78 Å².